The Bertz CT molecular complexity index is 426. The molecule has 14 heavy (non-hydrogen) atoms. The Morgan fingerprint density at radius 2 is 2.29 bits per heavy atom. The topological polar surface area (TPSA) is 64.9 Å². The number of nitrogens with zero attached hydrogens (tertiary/aromatic N) is 2. The van der Waals surface area contributed by atoms with E-state index in [0.29, 0.717) is 29.1 Å². The molecule has 6 heteroatoms. The summed E-state index contributed by atoms with van der Waals surface area (Å²) in [6, 6.07) is 3.65. The van der Waals surface area contributed by atoms with Crippen molar-refractivity contribution in [2.24, 2.45) is 5.73 Å². The lowest BCUT2D eigenvalue weighted by Crippen LogP contribution is -2.02. The lowest BCUT2D eigenvalue weighted by molar-refractivity contribution is 0.508. The second-order valence-corrected chi connectivity index (χ2v) is 4.36. The molecule has 2 N–H and O–H groups in total. The van der Waals surface area contributed by atoms with Gasteiger partial charge in [0.2, 0.25) is 5.89 Å². The standard InChI is InChI=1S/C8H8ClN3OS/c9-6-2-1-5(14-6)8-12-11-7(13-8)3-4-10/h1-2H,3-4,10H2. The molecule has 0 spiro atoms. The summed E-state index contributed by atoms with van der Waals surface area (Å²) in [5, 5.41) is 7.76. The van der Waals surface area contributed by atoms with Crippen molar-refractivity contribution < 1.29 is 4.42 Å². The van der Waals surface area contributed by atoms with Gasteiger partial charge in [-0.2, -0.15) is 0 Å². The summed E-state index contributed by atoms with van der Waals surface area (Å²) in [5.41, 5.74) is 5.37. The van der Waals surface area contributed by atoms with Crippen LogP contribution in [0, 0.1) is 0 Å². The van der Waals surface area contributed by atoms with E-state index in [9.17, 15) is 0 Å². The van der Waals surface area contributed by atoms with Crippen LogP contribution in [-0.4, -0.2) is 16.7 Å². The van der Waals surface area contributed by atoms with E-state index in [0.717, 1.165) is 4.88 Å². The van der Waals surface area contributed by atoms with E-state index in [1.807, 2.05) is 6.07 Å². The van der Waals surface area contributed by atoms with Crippen LogP contribution in [0.15, 0.2) is 16.5 Å². The first-order valence-electron chi connectivity index (χ1n) is 4.08. The van der Waals surface area contributed by atoms with Gasteiger partial charge >= 0.3 is 0 Å². The fraction of sp³-hybridized carbons (Fsp3) is 0.250. The zero-order chi connectivity index (χ0) is 9.97. The highest BCUT2D eigenvalue weighted by molar-refractivity contribution is 7.19. The maximum absolute atomic E-state index is 5.79. The van der Waals surface area contributed by atoms with Crippen molar-refractivity contribution in [1.29, 1.82) is 0 Å². The van der Waals surface area contributed by atoms with Crippen molar-refractivity contribution >= 4 is 22.9 Å². The third-order valence-corrected chi connectivity index (χ3v) is 2.83. The fourth-order valence-electron chi connectivity index (χ4n) is 1.01. The molecule has 2 rings (SSSR count). The Morgan fingerprint density at radius 1 is 1.43 bits per heavy atom. The molecule has 2 aromatic rings. The second-order valence-electron chi connectivity index (χ2n) is 2.64. The Kier molecular flexibility index (Phi) is 2.81. The van der Waals surface area contributed by atoms with Crippen LogP contribution in [0.25, 0.3) is 10.8 Å². The molecule has 0 atom stereocenters. The van der Waals surface area contributed by atoms with Crippen LogP contribution in [0.1, 0.15) is 5.89 Å². The SMILES string of the molecule is NCCc1nnc(-c2ccc(Cl)s2)o1. The molecule has 2 heterocycles. The van der Waals surface area contributed by atoms with Gasteiger partial charge in [-0.25, -0.2) is 0 Å². The van der Waals surface area contributed by atoms with Gasteiger partial charge < -0.3 is 10.2 Å². The van der Waals surface area contributed by atoms with Crippen molar-refractivity contribution in [3.05, 3.63) is 22.4 Å². The minimum Gasteiger partial charge on any atom is -0.420 e. The van der Waals surface area contributed by atoms with Gasteiger partial charge in [-0.05, 0) is 12.1 Å². The molecule has 0 aliphatic rings. The first-order chi connectivity index (χ1) is 6.79. The summed E-state index contributed by atoms with van der Waals surface area (Å²) in [7, 11) is 0. The quantitative estimate of drug-likeness (QED) is 0.874. The minimum atomic E-state index is 0.505. The van der Waals surface area contributed by atoms with E-state index in [1.54, 1.807) is 6.07 Å². The molecule has 0 radical (unpaired) electrons. The van der Waals surface area contributed by atoms with Gasteiger partial charge in [-0.1, -0.05) is 11.6 Å². The average Bonchev–Trinajstić information content (AvgIpc) is 2.74. The average molecular weight is 230 g/mol. The molecule has 0 aliphatic heterocycles. The van der Waals surface area contributed by atoms with Gasteiger partial charge in [0.1, 0.15) is 0 Å². The first kappa shape index (κ1) is 9.64. The number of hydrogen-bond acceptors (Lipinski definition) is 5. The Morgan fingerprint density at radius 3 is 2.93 bits per heavy atom. The summed E-state index contributed by atoms with van der Waals surface area (Å²) in [5.74, 6) is 1.07. The van der Waals surface area contributed by atoms with Crippen molar-refractivity contribution in [2.45, 2.75) is 6.42 Å². The smallest absolute Gasteiger partial charge is 0.257 e. The number of thiophene rings is 1. The van der Waals surface area contributed by atoms with Gasteiger partial charge in [-0.3, -0.25) is 0 Å². The zero-order valence-corrected chi connectivity index (χ0v) is 8.81. The summed E-state index contributed by atoms with van der Waals surface area (Å²) in [6.07, 6.45) is 0.603. The Labute approximate surface area is 89.7 Å². The molecule has 0 bridgehead atoms. The van der Waals surface area contributed by atoms with E-state index in [2.05, 4.69) is 10.2 Å². The third-order valence-electron chi connectivity index (χ3n) is 1.61. The van der Waals surface area contributed by atoms with Gasteiger partial charge in [0.05, 0.1) is 9.21 Å². The zero-order valence-electron chi connectivity index (χ0n) is 7.24. The fourth-order valence-corrected chi connectivity index (χ4v) is 1.97. The highest BCUT2D eigenvalue weighted by Gasteiger charge is 2.09. The molecule has 4 nitrogen and oxygen atoms in total. The van der Waals surface area contributed by atoms with Crippen molar-refractivity contribution in [2.75, 3.05) is 6.54 Å². The van der Waals surface area contributed by atoms with Crippen LogP contribution >= 0.6 is 22.9 Å². The number of nitrogens with two attached hydrogens (primary N) is 1. The number of hydrogen-bond donors (Lipinski definition) is 1. The van der Waals surface area contributed by atoms with Crippen LogP contribution in [-0.2, 0) is 6.42 Å². The van der Waals surface area contributed by atoms with E-state index in [-0.39, 0.29) is 0 Å². The largest absolute Gasteiger partial charge is 0.420 e. The highest BCUT2D eigenvalue weighted by atomic mass is 35.5. The highest BCUT2D eigenvalue weighted by Crippen LogP contribution is 2.29. The Hall–Kier alpha value is -0.910. The van der Waals surface area contributed by atoms with E-state index >= 15 is 0 Å². The molecule has 0 unspecified atom stereocenters. The molecule has 0 saturated carbocycles. The number of rotatable bonds is 3. The Balaban J connectivity index is 2.24. The summed E-state index contributed by atoms with van der Waals surface area (Å²) in [6.45, 7) is 0.507. The molecule has 0 amide bonds. The van der Waals surface area contributed by atoms with E-state index < -0.39 is 0 Å². The monoisotopic (exact) mass is 229 g/mol. The predicted octanol–water partition coefficient (Wildman–Crippen LogP) is 1.95. The van der Waals surface area contributed by atoms with Crippen molar-refractivity contribution in [1.82, 2.24) is 10.2 Å². The molecule has 2 aromatic heterocycles. The van der Waals surface area contributed by atoms with E-state index in [4.69, 9.17) is 21.8 Å². The molecular weight excluding hydrogens is 222 g/mol. The maximum Gasteiger partial charge on any atom is 0.257 e. The van der Waals surface area contributed by atoms with Crippen molar-refractivity contribution in [3.8, 4) is 10.8 Å². The lowest BCUT2D eigenvalue weighted by Gasteiger charge is -1.87. The second kappa shape index (κ2) is 4.08. The minimum absolute atomic E-state index is 0.505. The van der Waals surface area contributed by atoms with Crippen LogP contribution < -0.4 is 5.73 Å². The summed E-state index contributed by atoms with van der Waals surface area (Å²) in [4.78, 5) is 0.880. The van der Waals surface area contributed by atoms with Gasteiger partial charge in [0.15, 0.2) is 0 Å². The molecule has 0 aromatic carbocycles. The molecular formula is C8H8ClN3OS. The molecule has 0 fully saturated rings. The summed E-state index contributed by atoms with van der Waals surface area (Å²) >= 11 is 7.20. The third kappa shape index (κ3) is 1.95. The van der Waals surface area contributed by atoms with Gasteiger partial charge in [0.25, 0.3) is 5.89 Å². The van der Waals surface area contributed by atoms with Gasteiger partial charge in [-0.15, -0.1) is 21.5 Å². The number of aromatic nitrogens is 2. The van der Waals surface area contributed by atoms with Crippen LogP contribution in [0.3, 0.4) is 0 Å². The maximum atomic E-state index is 5.79. The summed E-state index contributed by atoms with van der Waals surface area (Å²) < 4.78 is 6.08. The molecule has 0 saturated heterocycles. The number of halogens is 1. The molecule has 74 valence electrons. The molecule has 0 aliphatic carbocycles. The van der Waals surface area contributed by atoms with Crippen molar-refractivity contribution in [3.63, 3.8) is 0 Å². The van der Waals surface area contributed by atoms with E-state index in [1.165, 1.54) is 11.3 Å². The first-order valence-corrected chi connectivity index (χ1v) is 5.27. The van der Waals surface area contributed by atoms with Crippen LogP contribution in [0.4, 0.5) is 0 Å². The van der Waals surface area contributed by atoms with Gasteiger partial charge in [0, 0.05) is 13.0 Å². The normalized spacial score (nSPS) is 10.7. The predicted molar refractivity (Wildman–Crippen MR) is 55.4 cm³/mol. The van der Waals surface area contributed by atoms with Crippen LogP contribution in [0.2, 0.25) is 4.34 Å². The lowest BCUT2D eigenvalue weighted by atomic mass is 10.4. The van der Waals surface area contributed by atoms with Crippen LogP contribution in [0.5, 0.6) is 0 Å².